The molecule has 6 heteroatoms. The fraction of sp³-hybridized carbons (Fsp3) is 0.389. The van der Waals surface area contributed by atoms with Gasteiger partial charge >= 0.3 is 0 Å². The Morgan fingerprint density at radius 2 is 1.17 bits per heavy atom. The molecule has 1 aromatic heterocycles. The second kappa shape index (κ2) is 20.0. The van der Waals surface area contributed by atoms with Crippen LogP contribution in [0, 0.1) is 0 Å². The van der Waals surface area contributed by atoms with Crippen LogP contribution in [-0.2, 0) is 0 Å². The van der Waals surface area contributed by atoms with Crippen molar-refractivity contribution in [3.63, 3.8) is 0 Å². The van der Waals surface area contributed by atoms with E-state index in [-0.39, 0.29) is 0 Å². The number of aldehydes is 1. The molecule has 3 aromatic carbocycles. The van der Waals surface area contributed by atoms with Gasteiger partial charge in [0.15, 0.2) is 0 Å². The molecule has 0 aliphatic carbocycles. The van der Waals surface area contributed by atoms with Gasteiger partial charge < -0.3 is 9.47 Å². The van der Waals surface area contributed by atoms with E-state index in [1.54, 1.807) is 11.3 Å². The molecule has 0 fully saturated rings. The number of hydrogen-bond acceptors (Lipinski definition) is 5. The lowest BCUT2D eigenvalue weighted by Gasteiger charge is -2.06. The predicted molar refractivity (Wildman–Crippen MR) is 181 cm³/mol. The van der Waals surface area contributed by atoms with Crippen LogP contribution >= 0.6 is 27.3 Å². The smallest absolute Gasteiger partial charge is 0.150 e. The lowest BCUT2D eigenvalue weighted by atomic mass is 10.1. The van der Waals surface area contributed by atoms with Crippen molar-refractivity contribution >= 4 is 33.6 Å². The topological polar surface area (TPSA) is 48.4 Å². The molecule has 4 nitrogen and oxygen atoms in total. The van der Waals surface area contributed by atoms with Crippen molar-refractivity contribution in [3.8, 4) is 32.5 Å². The fourth-order valence-corrected chi connectivity index (χ4v) is 5.47. The normalized spacial score (nSPS) is 10.5. The van der Waals surface area contributed by atoms with Crippen LogP contribution < -0.4 is 9.47 Å². The van der Waals surface area contributed by atoms with Crippen molar-refractivity contribution in [2.45, 2.75) is 78.1 Å². The summed E-state index contributed by atoms with van der Waals surface area (Å²) in [5, 5.41) is 0.954. The molecule has 0 atom stereocenters. The van der Waals surface area contributed by atoms with Crippen molar-refractivity contribution in [1.29, 1.82) is 0 Å². The molecule has 1 heterocycles. The monoisotopic (exact) mass is 649 g/mol. The third-order valence-corrected chi connectivity index (χ3v) is 8.41. The first kappa shape index (κ1) is 33.5. The van der Waals surface area contributed by atoms with Crippen LogP contribution in [0.3, 0.4) is 0 Å². The van der Waals surface area contributed by atoms with Gasteiger partial charge in [0.25, 0.3) is 0 Å². The zero-order valence-electron chi connectivity index (χ0n) is 25.0. The molecule has 0 spiro atoms. The minimum atomic E-state index is 0.677. The standard InChI is InChI=1S/C23H25NO2S.C13H19BrO/c1-2-3-4-5-6-15-26-21-13-11-19(12-14-21)22-16-24-23(27-22)20-9-7-18(17-25)8-10-20;1-2-3-4-5-6-11-15-13-9-7-12(14)8-10-13/h7-14,16-17H,2-6,15H2,1H3;7-10H,2-6,11H2,1H3. The highest BCUT2D eigenvalue weighted by Gasteiger charge is 2.07. The number of unbranched alkanes of at least 4 members (excludes halogenated alkanes) is 8. The Morgan fingerprint density at radius 1 is 0.667 bits per heavy atom. The van der Waals surface area contributed by atoms with Crippen molar-refractivity contribution < 1.29 is 14.3 Å². The van der Waals surface area contributed by atoms with E-state index < -0.39 is 0 Å². The Morgan fingerprint density at radius 3 is 1.69 bits per heavy atom. The van der Waals surface area contributed by atoms with E-state index >= 15 is 0 Å². The van der Waals surface area contributed by atoms with Crippen LogP contribution in [0.5, 0.6) is 11.5 Å². The van der Waals surface area contributed by atoms with Crippen LogP contribution in [0.2, 0.25) is 0 Å². The molecule has 0 saturated heterocycles. The number of carbonyl (C=O) groups excluding carboxylic acids is 1. The van der Waals surface area contributed by atoms with E-state index in [9.17, 15) is 4.79 Å². The first-order chi connectivity index (χ1) is 20.6. The molecule has 0 bridgehead atoms. The Hall–Kier alpha value is -2.96. The molecule has 0 saturated carbocycles. The first-order valence-corrected chi connectivity index (χ1v) is 16.9. The highest BCUT2D eigenvalue weighted by molar-refractivity contribution is 9.10. The summed E-state index contributed by atoms with van der Waals surface area (Å²) < 4.78 is 12.5. The second-order valence-electron chi connectivity index (χ2n) is 10.3. The summed E-state index contributed by atoms with van der Waals surface area (Å²) in [6.07, 6.45) is 15.4. The second-order valence-corrected chi connectivity index (χ2v) is 12.2. The van der Waals surface area contributed by atoms with Gasteiger partial charge in [-0.05, 0) is 66.9 Å². The molecule has 0 radical (unpaired) electrons. The van der Waals surface area contributed by atoms with E-state index in [4.69, 9.17) is 9.47 Å². The SMILES string of the molecule is CCCCCCCOc1ccc(-c2cnc(-c3ccc(C=O)cc3)s2)cc1.CCCCCCCOc1ccc(Br)cc1. The summed E-state index contributed by atoms with van der Waals surface area (Å²) in [6, 6.07) is 23.7. The molecular weight excluding hydrogens is 606 g/mol. The van der Waals surface area contributed by atoms with Crippen LogP contribution in [0.25, 0.3) is 21.0 Å². The summed E-state index contributed by atoms with van der Waals surface area (Å²) in [7, 11) is 0. The minimum absolute atomic E-state index is 0.677. The average Bonchev–Trinajstić information content (AvgIpc) is 3.53. The van der Waals surface area contributed by atoms with E-state index in [1.807, 2.05) is 66.9 Å². The number of rotatable bonds is 17. The van der Waals surface area contributed by atoms with Gasteiger partial charge in [0.05, 0.1) is 18.1 Å². The summed E-state index contributed by atoms with van der Waals surface area (Å²) >= 11 is 5.05. The van der Waals surface area contributed by atoms with Crippen molar-refractivity contribution in [3.05, 3.63) is 89.0 Å². The summed E-state index contributed by atoms with van der Waals surface area (Å²) in [5.74, 6) is 1.89. The number of benzene rings is 3. The molecule has 0 amide bonds. The van der Waals surface area contributed by atoms with Gasteiger partial charge in [-0.2, -0.15) is 0 Å². The quantitative estimate of drug-likeness (QED) is 0.0843. The zero-order chi connectivity index (χ0) is 29.8. The third-order valence-electron chi connectivity index (χ3n) is 6.79. The van der Waals surface area contributed by atoms with Gasteiger partial charge in [-0.15, -0.1) is 11.3 Å². The lowest BCUT2D eigenvalue weighted by Crippen LogP contribution is -1.97. The summed E-state index contributed by atoms with van der Waals surface area (Å²) in [5.41, 5.74) is 2.84. The molecule has 42 heavy (non-hydrogen) atoms. The Labute approximate surface area is 264 Å². The Balaban J connectivity index is 0.000000274. The zero-order valence-corrected chi connectivity index (χ0v) is 27.4. The maximum absolute atomic E-state index is 10.8. The highest BCUT2D eigenvalue weighted by Crippen LogP contribution is 2.33. The third kappa shape index (κ3) is 12.5. The molecule has 0 unspecified atom stereocenters. The number of thiazole rings is 1. The maximum Gasteiger partial charge on any atom is 0.150 e. The van der Waals surface area contributed by atoms with Crippen molar-refractivity contribution in [2.24, 2.45) is 0 Å². The van der Waals surface area contributed by atoms with E-state index in [0.29, 0.717) is 5.56 Å². The maximum atomic E-state index is 10.8. The number of halogens is 1. The van der Waals surface area contributed by atoms with E-state index in [0.717, 1.165) is 69.3 Å². The number of carbonyl (C=O) groups is 1. The van der Waals surface area contributed by atoms with Gasteiger partial charge in [0.1, 0.15) is 22.8 Å². The lowest BCUT2D eigenvalue weighted by molar-refractivity contribution is 0.112. The largest absolute Gasteiger partial charge is 0.494 e. The number of ether oxygens (including phenoxy) is 2. The number of aromatic nitrogens is 1. The summed E-state index contributed by atoms with van der Waals surface area (Å²) in [4.78, 5) is 16.4. The molecule has 4 rings (SSSR count). The Kier molecular flexibility index (Phi) is 16.0. The number of nitrogens with zero attached hydrogens (tertiary/aromatic N) is 1. The summed E-state index contributed by atoms with van der Waals surface area (Å²) in [6.45, 7) is 6.09. The molecule has 0 aliphatic heterocycles. The Bertz CT molecular complexity index is 1270. The van der Waals surface area contributed by atoms with Crippen LogP contribution in [-0.4, -0.2) is 24.5 Å². The van der Waals surface area contributed by atoms with Crippen molar-refractivity contribution in [1.82, 2.24) is 4.98 Å². The van der Waals surface area contributed by atoms with Crippen LogP contribution in [0.15, 0.2) is 83.5 Å². The van der Waals surface area contributed by atoms with E-state index in [1.165, 1.54) is 51.4 Å². The number of hydrogen-bond donors (Lipinski definition) is 0. The van der Waals surface area contributed by atoms with E-state index in [2.05, 4.69) is 46.9 Å². The predicted octanol–water partition coefficient (Wildman–Crippen LogP) is 11.4. The van der Waals surface area contributed by atoms with Gasteiger partial charge in [-0.1, -0.05) is 105 Å². The molecule has 0 aliphatic rings. The van der Waals surface area contributed by atoms with Gasteiger partial charge in [-0.25, -0.2) is 4.98 Å². The highest BCUT2D eigenvalue weighted by atomic mass is 79.9. The molecule has 0 N–H and O–H groups in total. The fourth-order valence-electron chi connectivity index (χ4n) is 4.28. The average molecular weight is 651 g/mol. The van der Waals surface area contributed by atoms with Gasteiger partial charge in [0.2, 0.25) is 0 Å². The van der Waals surface area contributed by atoms with Gasteiger partial charge in [-0.3, -0.25) is 4.79 Å². The van der Waals surface area contributed by atoms with Crippen LogP contribution in [0.1, 0.15) is 88.4 Å². The van der Waals surface area contributed by atoms with Crippen LogP contribution in [0.4, 0.5) is 0 Å². The molecule has 224 valence electrons. The minimum Gasteiger partial charge on any atom is -0.494 e. The van der Waals surface area contributed by atoms with Crippen molar-refractivity contribution in [2.75, 3.05) is 13.2 Å². The first-order valence-electron chi connectivity index (χ1n) is 15.3. The molecular formula is C36H44BrNO3S. The molecule has 4 aromatic rings. The van der Waals surface area contributed by atoms with Gasteiger partial charge in [0, 0.05) is 21.8 Å².